The molecular weight excluding hydrogens is 194 g/mol. The third-order valence-corrected chi connectivity index (χ3v) is 2.89. The van der Waals surface area contributed by atoms with E-state index in [0.717, 1.165) is 0 Å². The number of halogens is 1. The lowest BCUT2D eigenvalue weighted by Gasteiger charge is -1.97. The monoisotopic (exact) mass is 207 g/mol. The average molecular weight is 208 g/mol. The second-order valence-electron chi connectivity index (χ2n) is 2.79. The Balaban J connectivity index is 0.00000121. The van der Waals surface area contributed by atoms with Gasteiger partial charge in [-0.15, -0.1) is 23.7 Å². The Morgan fingerprint density at radius 1 is 1.50 bits per heavy atom. The third kappa shape index (κ3) is 3.11. The molecule has 0 aromatic carbocycles. The average Bonchev–Trinajstić information content (AvgIpc) is 2.37. The van der Waals surface area contributed by atoms with Gasteiger partial charge in [0.1, 0.15) is 0 Å². The van der Waals surface area contributed by atoms with E-state index in [1.54, 1.807) is 11.3 Å². The summed E-state index contributed by atoms with van der Waals surface area (Å²) in [5.74, 6) is 0.590. The van der Waals surface area contributed by atoms with E-state index in [9.17, 15) is 0 Å². The highest BCUT2D eigenvalue weighted by atomic mass is 35.5. The van der Waals surface area contributed by atoms with E-state index < -0.39 is 0 Å². The van der Waals surface area contributed by atoms with E-state index in [-0.39, 0.29) is 12.4 Å². The van der Waals surface area contributed by atoms with Crippen molar-refractivity contribution >= 4 is 23.7 Å². The van der Waals surface area contributed by atoms with Gasteiger partial charge in [-0.05, 0) is 18.1 Å². The summed E-state index contributed by atoms with van der Waals surface area (Å²) in [4.78, 5) is 2.55. The lowest BCUT2D eigenvalue weighted by Crippen LogP contribution is -2.03. The largest absolute Gasteiger partial charge is 0.316 e. The number of rotatable bonds is 3. The van der Waals surface area contributed by atoms with Crippen LogP contribution in [0.2, 0.25) is 0 Å². The van der Waals surface area contributed by atoms with Crippen molar-refractivity contribution in [3.63, 3.8) is 0 Å². The molecule has 0 spiro atoms. The van der Waals surface area contributed by atoms with Gasteiger partial charge in [-0.3, -0.25) is 0 Å². The lowest BCUT2D eigenvalue weighted by atomic mass is 10.2. The number of hydrogen-bond donors (Lipinski definition) is 2. The SMILES string of the molecule is CC(C)c1ccc(CNO)s1.Cl. The van der Waals surface area contributed by atoms with Crippen LogP contribution >= 0.6 is 23.7 Å². The molecule has 12 heavy (non-hydrogen) atoms. The minimum atomic E-state index is 0. The third-order valence-electron chi connectivity index (χ3n) is 1.50. The molecule has 0 aliphatic rings. The summed E-state index contributed by atoms with van der Waals surface area (Å²) >= 11 is 1.74. The summed E-state index contributed by atoms with van der Waals surface area (Å²) in [5.41, 5.74) is 2.15. The van der Waals surface area contributed by atoms with Crippen LogP contribution < -0.4 is 5.48 Å². The van der Waals surface area contributed by atoms with Gasteiger partial charge in [0.15, 0.2) is 0 Å². The topological polar surface area (TPSA) is 32.3 Å². The summed E-state index contributed by atoms with van der Waals surface area (Å²) in [5, 5.41) is 8.42. The summed E-state index contributed by atoms with van der Waals surface area (Å²) in [6.07, 6.45) is 0. The molecule has 0 aliphatic heterocycles. The molecule has 0 saturated heterocycles. The van der Waals surface area contributed by atoms with Gasteiger partial charge >= 0.3 is 0 Å². The predicted octanol–water partition coefficient (Wildman–Crippen LogP) is 2.77. The number of hydroxylamine groups is 1. The van der Waals surface area contributed by atoms with Crippen LogP contribution in [-0.2, 0) is 6.54 Å². The molecule has 1 heterocycles. The van der Waals surface area contributed by atoms with E-state index in [0.29, 0.717) is 12.5 Å². The quantitative estimate of drug-likeness (QED) is 0.748. The fraction of sp³-hybridized carbons (Fsp3) is 0.500. The fourth-order valence-electron chi connectivity index (χ4n) is 0.878. The van der Waals surface area contributed by atoms with Crippen LogP contribution in [0.4, 0.5) is 0 Å². The minimum absolute atomic E-state index is 0. The smallest absolute Gasteiger partial charge is 0.0552 e. The maximum atomic E-state index is 8.42. The molecule has 0 aliphatic carbocycles. The van der Waals surface area contributed by atoms with E-state index in [2.05, 4.69) is 25.4 Å². The van der Waals surface area contributed by atoms with Gasteiger partial charge in [-0.1, -0.05) is 13.8 Å². The van der Waals surface area contributed by atoms with Crippen molar-refractivity contribution < 1.29 is 5.21 Å². The molecule has 0 atom stereocenters. The Morgan fingerprint density at radius 3 is 2.58 bits per heavy atom. The van der Waals surface area contributed by atoms with Gasteiger partial charge < -0.3 is 5.21 Å². The molecular formula is C8H14ClNOS. The van der Waals surface area contributed by atoms with Gasteiger partial charge in [0, 0.05) is 9.75 Å². The number of nitrogens with one attached hydrogen (secondary N) is 1. The zero-order valence-corrected chi connectivity index (χ0v) is 8.84. The highest BCUT2D eigenvalue weighted by molar-refractivity contribution is 7.12. The van der Waals surface area contributed by atoms with Crippen LogP contribution in [0.25, 0.3) is 0 Å². The van der Waals surface area contributed by atoms with E-state index in [4.69, 9.17) is 5.21 Å². The molecule has 0 saturated carbocycles. The van der Waals surface area contributed by atoms with Gasteiger partial charge in [0.2, 0.25) is 0 Å². The Hall–Kier alpha value is -0.0900. The first-order valence-electron chi connectivity index (χ1n) is 3.69. The Labute approximate surface area is 83.0 Å². The molecule has 0 fully saturated rings. The molecule has 1 rings (SSSR count). The molecule has 0 radical (unpaired) electrons. The summed E-state index contributed by atoms with van der Waals surface area (Å²) in [6, 6.07) is 4.16. The van der Waals surface area contributed by atoms with Crippen molar-refractivity contribution in [3.8, 4) is 0 Å². The van der Waals surface area contributed by atoms with Gasteiger partial charge in [-0.25, -0.2) is 5.48 Å². The molecule has 1 aromatic rings. The van der Waals surface area contributed by atoms with Crippen molar-refractivity contribution in [3.05, 3.63) is 21.9 Å². The van der Waals surface area contributed by atoms with Crippen molar-refractivity contribution in [2.45, 2.75) is 26.3 Å². The fourth-order valence-corrected chi connectivity index (χ4v) is 1.83. The number of hydrogen-bond acceptors (Lipinski definition) is 3. The van der Waals surface area contributed by atoms with Crippen LogP contribution in [0, 0.1) is 0 Å². The van der Waals surface area contributed by atoms with Crippen LogP contribution in [0.5, 0.6) is 0 Å². The second-order valence-corrected chi connectivity index (χ2v) is 3.99. The van der Waals surface area contributed by atoms with E-state index >= 15 is 0 Å². The molecule has 4 heteroatoms. The molecule has 0 bridgehead atoms. The van der Waals surface area contributed by atoms with Crippen molar-refractivity contribution in [1.82, 2.24) is 5.48 Å². The highest BCUT2D eigenvalue weighted by Crippen LogP contribution is 2.23. The second kappa shape index (κ2) is 5.54. The Bertz CT molecular complexity index is 225. The maximum absolute atomic E-state index is 8.42. The molecule has 1 aromatic heterocycles. The zero-order chi connectivity index (χ0) is 8.27. The Morgan fingerprint density at radius 2 is 2.17 bits per heavy atom. The van der Waals surface area contributed by atoms with Crippen molar-refractivity contribution in [2.24, 2.45) is 0 Å². The maximum Gasteiger partial charge on any atom is 0.0552 e. The van der Waals surface area contributed by atoms with Crippen LogP contribution in [0.3, 0.4) is 0 Å². The van der Waals surface area contributed by atoms with E-state index in [1.165, 1.54) is 9.75 Å². The lowest BCUT2D eigenvalue weighted by molar-refractivity contribution is 0.162. The van der Waals surface area contributed by atoms with Gasteiger partial charge in [-0.2, -0.15) is 0 Å². The van der Waals surface area contributed by atoms with Crippen LogP contribution in [0.15, 0.2) is 12.1 Å². The molecule has 2 nitrogen and oxygen atoms in total. The van der Waals surface area contributed by atoms with Gasteiger partial charge in [0.25, 0.3) is 0 Å². The summed E-state index contributed by atoms with van der Waals surface area (Å²) < 4.78 is 0. The first kappa shape index (κ1) is 11.9. The molecule has 2 N–H and O–H groups in total. The van der Waals surface area contributed by atoms with E-state index in [1.807, 2.05) is 6.07 Å². The van der Waals surface area contributed by atoms with Crippen LogP contribution in [-0.4, -0.2) is 5.21 Å². The molecule has 0 amide bonds. The number of thiophene rings is 1. The summed E-state index contributed by atoms with van der Waals surface area (Å²) in [7, 11) is 0. The van der Waals surface area contributed by atoms with Gasteiger partial charge in [0.05, 0.1) is 6.54 Å². The minimum Gasteiger partial charge on any atom is -0.316 e. The standard InChI is InChI=1S/C8H13NOS.ClH/c1-6(2)8-4-3-7(11-8)5-9-10;/h3-4,6,9-10H,5H2,1-2H3;1H. The van der Waals surface area contributed by atoms with Crippen LogP contribution in [0.1, 0.15) is 29.5 Å². The van der Waals surface area contributed by atoms with Crippen molar-refractivity contribution in [2.75, 3.05) is 0 Å². The first-order valence-corrected chi connectivity index (χ1v) is 4.51. The predicted molar refractivity (Wildman–Crippen MR) is 54.3 cm³/mol. The Kier molecular flexibility index (Phi) is 5.50. The normalized spacial score (nSPS) is 10.0. The molecule has 70 valence electrons. The highest BCUT2D eigenvalue weighted by Gasteiger charge is 2.02. The zero-order valence-electron chi connectivity index (χ0n) is 7.20. The summed E-state index contributed by atoms with van der Waals surface area (Å²) in [6.45, 7) is 4.89. The van der Waals surface area contributed by atoms with Crippen molar-refractivity contribution in [1.29, 1.82) is 0 Å². The molecule has 0 unspecified atom stereocenters. The first-order chi connectivity index (χ1) is 5.24.